The SMILES string of the molecule is COC(=O)CCCCCN=C(N)N1CCCCCC1. The van der Waals surface area contributed by atoms with Crippen LogP contribution in [-0.4, -0.2) is 43.6 Å². The molecule has 0 unspecified atom stereocenters. The quantitative estimate of drug-likeness (QED) is 0.346. The number of methoxy groups -OCH3 is 1. The number of guanidine groups is 1. The number of carbonyl (C=O) groups excluding carboxylic acids is 1. The van der Waals surface area contributed by atoms with E-state index >= 15 is 0 Å². The summed E-state index contributed by atoms with van der Waals surface area (Å²) < 4.78 is 4.59. The third-order valence-electron chi connectivity index (χ3n) is 3.47. The lowest BCUT2D eigenvalue weighted by molar-refractivity contribution is -0.140. The van der Waals surface area contributed by atoms with Gasteiger partial charge in [-0.3, -0.25) is 9.79 Å². The molecule has 2 N–H and O–H groups in total. The fraction of sp³-hybridized carbons (Fsp3) is 0.857. The first-order valence-corrected chi connectivity index (χ1v) is 7.35. The Balaban J connectivity index is 2.11. The summed E-state index contributed by atoms with van der Waals surface area (Å²) in [4.78, 5) is 17.5. The highest BCUT2D eigenvalue weighted by molar-refractivity contribution is 5.78. The Morgan fingerprint density at radius 1 is 1.16 bits per heavy atom. The molecule has 0 bridgehead atoms. The smallest absolute Gasteiger partial charge is 0.305 e. The summed E-state index contributed by atoms with van der Waals surface area (Å²) in [7, 11) is 1.43. The molecule has 110 valence electrons. The third-order valence-corrected chi connectivity index (χ3v) is 3.47. The van der Waals surface area contributed by atoms with Gasteiger partial charge in [-0.1, -0.05) is 19.3 Å². The van der Waals surface area contributed by atoms with Crippen molar-refractivity contribution in [2.45, 2.75) is 51.4 Å². The molecule has 0 aromatic heterocycles. The first-order chi connectivity index (χ1) is 9.24. The topological polar surface area (TPSA) is 67.9 Å². The molecule has 0 radical (unpaired) electrons. The molecule has 0 aromatic rings. The van der Waals surface area contributed by atoms with E-state index < -0.39 is 0 Å². The molecule has 0 atom stereocenters. The molecule has 0 aromatic carbocycles. The number of esters is 1. The second-order valence-electron chi connectivity index (χ2n) is 5.03. The molecular formula is C14H27N3O2. The molecule has 1 rings (SSSR count). The van der Waals surface area contributed by atoms with E-state index in [1.807, 2.05) is 0 Å². The van der Waals surface area contributed by atoms with Crippen molar-refractivity contribution >= 4 is 11.9 Å². The number of hydrogen-bond acceptors (Lipinski definition) is 3. The number of aliphatic imine (C=N–C) groups is 1. The Labute approximate surface area is 116 Å². The van der Waals surface area contributed by atoms with Crippen LogP contribution in [0, 0.1) is 0 Å². The van der Waals surface area contributed by atoms with E-state index in [-0.39, 0.29) is 5.97 Å². The number of rotatable bonds is 6. The van der Waals surface area contributed by atoms with Crippen molar-refractivity contribution in [2.24, 2.45) is 10.7 Å². The minimum Gasteiger partial charge on any atom is -0.469 e. The van der Waals surface area contributed by atoms with Gasteiger partial charge in [-0.15, -0.1) is 0 Å². The fourth-order valence-electron chi connectivity index (χ4n) is 2.25. The zero-order valence-electron chi connectivity index (χ0n) is 12.1. The van der Waals surface area contributed by atoms with Gasteiger partial charge in [0.25, 0.3) is 0 Å². The van der Waals surface area contributed by atoms with Crippen LogP contribution in [-0.2, 0) is 9.53 Å². The predicted molar refractivity (Wildman–Crippen MR) is 77.0 cm³/mol. The van der Waals surface area contributed by atoms with Crippen molar-refractivity contribution in [1.82, 2.24) is 4.90 Å². The molecule has 0 aliphatic carbocycles. The summed E-state index contributed by atoms with van der Waals surface area (Å²) in [6.07, 6.45) is 8.38. The zero-order valence-corrected chi connectivity index (χ0v) is 12.1. The van der Waals surface area contributed by atoms with Crippen molar-refractivity contribution in [3.8, 4) is 0 Å². The van der Waals surface area contributed by atoms with E-state index in [4.69, 9.17) is 5.73 Å². The van der Waals surface area contributed by atoms with E-state index in [0.717, 1.165) is 38.9 Å². The predicted octanol–water partition coefficient (Wildman–Crippen LogP) is 1.91. The lowest BCUT2D eigenvalue weighted by Crippen LogP contribution is -2.38. The Hall–Kier alpha value is -1.26. The summed E-state index contributed by atoms with van der Waals surface area (Å²) in [6.45, 7) is 2.83. The van der Waals surface area contributed by atoms with Crippen LogP contribution >= 0.6 is 0 Å². The number of nitrogens with two attached hydrogens (primary N) is 1. The van der Waals surface area contributed by atoms with Gasteiger partial charge in [0.05, 0.1) is 7.11 Å². The van der Waals surface area contributed by atoms with E-state index in [9.17, 15) is 4.79 Å². The summed E-state index contributed by atoms with van der Waals surface area (Å²) in [6, 6.07) is 0. The van der Waals surface area contributed by atoms with Crippen LogP contribution < -0.4 is 5.73 Å². The van der Waals surface area contributed by atoms with Crippen LogP contribution in [0.25, 0.3) is 0 Å². The molecule has 0 spiro atoms. The minimum absolute atomic E-state index is 0.132. The maximum Gasteiger partial charge on any atom is 0.305 e. The number of hydrogen-bond donors (Lipinski definition) is 1. The summed E-state index contributed by atoms with van der Waals surface area (Å²) in [5.74, 6) is 0.558. The molecule has 0 saturated carbocycles. The lowest BCUT2D eigenvalue weighted by Gasteiger charge is -2.21. The van der Waals surface area contributed by atoms with Gasteiger partial charge in [-0.25, -0.2) is 0 Å². The Morgan fingerprint density at radius 2 is 1.84 bits per heavy atom. The van der Waals surface area contributed by atoms with Crippen LogP contribution in [0.5, 0.6) is 0 Å². The summed E-state index contributed by atoms with van der Waals surface area (Å²) in [5.41, 5.74) is 6.00. The lowest BCUT2D eigenvalue weighted by atomic mass is 10.2. The van der Waals surface area contributed by atoms with Gasteiger partial charge in [0.1, 0.15) is 0 Å². The maximum absolute atomic E-state index is 10.9. The van der Waals surface area contributed by atoms with Gasteiger partial charge < -0.3 is 15.4 Å². The van der Waals surface area contributed by atoms with Crippen LogP contribution in [0.2, 0.25) is 0 Å². The van der Waals surface area contributed by atoms with E-state index in [2.05, 4.69) is 14.6 Å². The van der Waals surface area contributed by atoms with Crippen molar-refractivity contribution in [3.63, 3.8) is 0 Å². The molecule has 5 heteroatoms. The largest absolute Gasteiger partial charge is 0.469 e. The zero-order chi connectivity index (χ0) is 13.9. The van der Waals surface area contributed by atoms with Gasteiger partial charge in [-0.2, -0.15) is 0 Å². The molecule has 1 heterocycles. The molecule has 19 heavy (non-hydrogen) atoms. The van der Waals surface area contributed by atoms with Crippen LogP contribution in [0.4, 0.5) is 0 Å². The third kappa shape index (κ3) is 7.03. The monoisotopic (exact) mass is 269 g/mol. The summed E-state index contributed by atoms with van der Waals surface area (Å²) in [5, 5.41) is 0. The number of carbonyl (C=O) groups is 1. The summed E-state index contributed by atoms with van der Waals surface area (Å²) >= 11 is 0. The second kappa shape index (κ2) is 9.64. The minimum atomic E-state index is -0.132. The Kier molecular flexibility index (Phi) is 8.02. The van der Waals surface area contributed by atoms with Crippen molar-refractivity contribution in [3.05, 3.63) is 0 Å². The van der Waals surface area contributed by atoms with Gasteiger partial charge in [0.15, 0.2) is 5.96 Å². The highest BCUT2D eigenvalue weighted by Gasteiger charge is 2.10. The van der Waals surface area contributed by atoms with Gasteiger partial charge in [-0.05, 0) is 25.7 Å². The normalized spacial score (nSPS) is 17.1. The molecule has 1 saturated heterocycles. The molecule has 1 fully saturated rings. The first-order valence-electron chi connectivity index (χ1n) is 7.35. The highest BCUT2D eigenvalue weighted by Crippen LogP contribution is 2.09. The molecule has 1 aliphatic rings. The highest BCUT2D eigenvalue weighted by atomic mass is 16.5. The van der Waals surface area contributed by atoms with Crippen LogP contribution in [0.3, 0.4) is 0 Å². The Bertz CT molecular complexity index is 284. The average molecular weight is 269 g/mol. The van der Waals surface area contributed by atoms with Crippen LogP contribution in [0.15, 0.2) is 4.99 Å². The number of unbranched alkanes of at least 4 members (excludes halogenated alkanes) is 2. The average Bonchev–Trinajstić information content (AvgIpc) is 2.71. The standard InChI is InChI=1S/C14H27N3O2/c1-19-13(18)9-5-4-6-10-16-14(15)17-11-7-2-3-8-12-17/h2-12H2,1H3,(H2,15,16). The van der Waals surface area contributed by atoms with E-state index in [1.165, 1.54) is 32.8 Å². The second-order valence-corrected chi connectivity index (χ2v) is 5.03. The molecule has 5 nitrogen and oxygen atoms in total. The number of nitrogens with zero attached hydrogens (tertiary/aromatic N) is 2. The fourth-order valence-corrected chi connectivity index (χ4v) is 2.25. The number of likely N-dealkylation sites (tertiary alicyclic amines) is 1. The molecule has 0 amide bonds. The van der Waals surface area contributed by atoms with Crippen molar-refractivity contribution in [1.29, 1.82) is 0 Å². The Morgan fingerprint density at radius 3 is 2.47 bits per heavy atom. The maximum atomic E-state index is 10.9. The molecular weight excluding hydrogens is 242 g/mol. The van der Waals surface area contributed by atoms with Crippen LogP contribution in [0.1, 0.15) is 51.4 Å². The number of ether oxygens (including phenoxy) is 1. The van der Waals surface area contributed by atoms with Crippen molar-refractivity contribution in [2.75, 3.05) is 26.7 Å². The van der Waals surface area contributed by atoms with Gasteiger partial charge in [0.2, 0.25) is 0 Å². The van der Waals surface area contributed by atoms with E-state index in [0.29, 0.717) is 12.4 Å². The first kappa shape index (κ1) is 15.8. The van der Waals surface area contributed by atoms with Crippen molar-refractivity contribution < 1.29 is 9.53 Å². The van der Waals surface area contributed by atoms with Gasteiger partial charge >= 0.3 is 5.97 Å². The van der Waals surface area contributed by atoms with Gasteiger partial charge in [0, 0.05) is 26.1 Å². The molecule has 1 aliphatic heterocycles. The van der Waals surface area contributed by atoms with E-state index in [1.54, 1.807) is 0 Å².